The second kappa shape index (κ2) is 6.82. The van der Waals surface area contributed by atoms with E-state index in [0.29, 0.717) is 0 Å². The summed E-state index contributed by atoms with van der Waals surface area (Å²) in [5, 5.41) is 13.5. The molecule has 0 saturated carbocycles. The molecule has 4 aromatic rings. The van der Waals surface area contributed by atoms with Gasteiger partial charge in [-0.25, -0.2) is 4.98 Å². The van der Waals surface area contributed by atoms with Gasteiger partial charge in [-0.15, -0.1) is 10.2 Å². The van der Waals surface area contributed by atoms with Gasteiger partial charge in [0.1, 0.15) is 5.69 Å². The highest BCUT2D eigenvalue weighted by atomic mass is 32.1. The van der Waals surface area contributed by atoms with Gasteiger partial charge >= 0.3 is 0 Å². The number of rotatable bonds is 5. The van der Waals surface area contributed by atoms with Crippen molar-refractivity contribution >= 4 is 16.5 Å². The Balaban J connectivity index is 1.52. The van der Waals surface area contributed by atoms with Crippen LogP contribution in [0, 0.1) is 0 Å². The lowest BCUT2D eigenvalue weighted by Gasteiger charge is -2.14. The molecule has 6 nitrogen and oxygen atoms in total. The molecule has 0 aliphatic carbocycles. The number of imidazole rings is 1. The monoisotopic (exact) mass is 348 g/mol. The van der Waals surface area contributed by atoms with E-state index in [1.807, 2.05) is 35.0 Å². The molecular formula is C18H16N6S. The van der Waals surface area contributed by atoms with Crippen molar-refractivity contribution in [1.82, 2.24) is 24.7 Å². The average molecular weight is 348 g/mol. The molecule has 0 aliphatic heterocycles. The molecule has 0 amide bonds. The molecule has 3 heterocycles. The third-order valence-electron chi connectivity index (χ3n) is 3.82. The van der Waals surface area contributed by atoms with Crippen LogP contribution in [0.3, 0.4) is 0 Å². The fraction of sp³-hybridized carbons (Fsp3) is 0.111. The lowest BCUT2D eigenvalue weighted by molar-refractivity contribution is 0.870. The standard InChI is InChI=1S/C18H16N6S/c1-13(14-5-4-6-15(11-14)24-10-9-19-12-24)21-18-23-22-17(25-18)16-7-2-3-8-20-16/h2-13H,1H3,(H,21,23). The minimum absolute atomic E-state index is 0.105. The van der Waals surface area contributed by atoms with Crippen LogP contribution >= 0.6 is 11.3 Å². The van der Waals surface area contributed by atoms with E-state index < -0.39 is 0 Å². The fourth-order valence-electron chi connectivity index (χ4n) is 2.51. The lowest BCUT2D eigenvalue weighted by atomic mass is 10.1. The summed E-state index contributed by atoms with van der Waals surface area (Å²) >= 11 is 1.50. The number of nitrogens with one attached hydrogen (secondary N) is 1. The normalized spacial score (nSPS) is 12.0. The minimum atomic E-state index is 0.105. The van der Waals surface area contributed by atoms with Gasteiger partial charge in [0.25, 0.3) is 0 Å². The first-order valence-corrected chi connectivity index (χ1v) is 8.71. The van der Waals surface area contributed by atoms with Crippen molar-refractivity contribution in [3.63, 3.8) is 0 Å². The number of aromatic nitrogens is 5. The number of anilines is 1. The molecule has 0 bridgehead atoms. The molecule has 7 heteroatoms. The number of benzene rings is 1. The third kappa shape index (κ3) is 3.41. The van der Waals surface area contributed by atoms with Gasteiger partial charge in [-0.3, -0.25) is 4.98 Å². The van der Waals surface area contributed by atoms with Crippen LogP contribution in [-0.4, -0.2) is 24.7 Å². The fourth-order valence-corrected chi connectivity index (χ4v) is 3.32. The van der Waals surface area contributed by atoms with Gasteiger partial charge in [0.15, 0.2) is 5.01 Å². The lowest BCUT2D eigenvalue weighted by Crippen LogP contribution is -2.07. The third-order valence-corrected chi connectivity index (χ3v) is 4.70. The van der Waals surface area contributed by atoms with Gasteiger partial charge in [-0.05, 0) is 36.8 Å². The first kappa shape index (κ1) is 15.5. The molecule has 124 valence electrons. The van der Waals surface area contributed by atoms with Gasteiger partial charge in [0.05, 0.1) is 12.4 Å². The molecular weight excluding hydrogens is 332 g/mol. The molecule has 1 atom stereocenters. The van der Waals surface area contributed by atoms with Crippen LogP contribution in [0.25, 0.3) is 16.4 Å². The molecule has 0 saturated heterocycles. The Labute approximate surface area is 149 Å². The van der Waals surface area contributed by atoms with Gasteiger partial charge in [0.2, 0.25) is 5.13 Å². The second-order valence-corrected chi connectivity index (χ2v) is 6.54. The number of pyridine rings is 1. The molecule has 1 unspecified atom stereocenters. The molecule has 4 rings (SSSR count). The van der Waals surface area contributed by atoms with Crippen molar-refractivity contribution in [1.29, 1.82) is 0 Å². The quantitative estimate of drug-likeness (QED) is 0.591. The highest BCUT2D eigenvalue weighted by Crippen LogP contribution is 2.28. The number of hydrogen-bond donors (Lipinski definition) is 1. The van der Waals surface area contributed by atoms with Crippen LogP contribution in [0.5, 0.6) is 0 Å². The Bertz CT molecular complexity index is 949. The van der Waals surface area contributed by atoms with Crippen molar-refractivity contribution in [2.24, 2.45) is 0 Å². The largest absolute Gasteiger partial charge is 0.354 e. The van der Waals surface area contributed by atoms with E-state index in [-0.39, 0.29) is 6.04 Å². The zero-order valence-corrected chi connectivity index (χ0v) is 14.4. The summed E-state index contributed by atoms with van der Waals surface area (Å²) in [5.41, 5.74) is 3.08. The summed E-state index contributed by atoms with van der Waals surface area (Å²) in [4.78, 5) is 8.41. The van der Waals surface area contributed by atoms with Crippen molar-refractivity contribution in [3.8, 4) is 16.4 Å². The van der Waals surface area contributed by atoms with Crippen LogP contribution in [-0.2, 0) is 0 Å². The highest BCUT2D eigenvalue weighted by molar-refractivity contribution is 7.18. The summed E-state index contributed by atoms with van der Waals surface area (Å²) in [6.07, 6.45) is 7.25. The minimum Gasteiger partial charge on any atom is -0.354 e. The second-order valence-electron chi connectivity index (χ2n) is 5.56. The van der Waals surface area contributed by atoms with Crippen LogP contribution in [0.15, 0.2) is 67.4 Å². The van der Waals surface area contributed by atoms with Crippen LogP contribution in [0.4, 0.5) is 5.13 Å². The molecule has 3 aromatic heterocycles. The predicted molar refractivity (Wildman–Crippen MR) is 98.7 cm³/mol. The number of nitrogens with zero attached hydrogens (tertiary/aromatic N) is 5. The maximum atomic E-state index is 4.31. The maximum Gasteiger partial charge on any atom is 0.206 e. The van der Waals surface area contributed by atoms with Gasteiger partial charge in [-0.1, -0.05) is 29.5 Å². The molecule has 1 aromatic carbocycles. The summed E-state index contributed by atoms with van der Waals surface area (Å²) in [7, 11) is 0. The Kier molecular flexibility index (Phi) is 4.22. The Hall–Kier alpha value is -3.06. The molecule has 1 N–H and O–H groups in total. The summed E-state index contributed by atoms with van der Waals surface area (Å²) in [5.74, 6) is 0. The predicted octanol–water partition coefficient (Wildman–Crippen LogP) is 3.96. The van der Waals surface area contributed by atoms with Crippen molar-refractivity contribution in [2.75, 3.05) is 5.32 Å². The smallest absolute Gasteiger partial charge is 0.206 e. The first-order valence-electron chi connectivity index (χ1n) is 7.89. The van der Waals surface area contributed by atoms with Gasteiger partial charge in [0, 0.05) is 24.3 Å². The zero-order chi connectivity index (χ0) is 17.1. The van der Waals surface area contributed by atoms with Crippen LogP contribution in [0.1, 0.15) is 18.5 Å². The molecule has 0 fully saturated rings. The van der Waals surface area contributed by atoms with Crippen molar-refractivity contribution in [3.05, 3.63) is 72.9 Å². The van der Waals surface area contributed by atoms with E-state index in [0.717, 1.165) is 21.5 Å². The SMILES string of the molecule is CC(Nc1nnc(-c2ccccn2)s1)c1cccc(-n2ccnc2)c1. The van der Waals surface area contributed by atoms with Crippen LogP contribution < -0.4 is 5.32 Å². The molecule has 0 spiro atoms. The molecule has 0 radical (unpaired) electrons. The zero-order valence-electron chi connectivity index (χ0n) is 13.6. The Morgan fingerprint density at radius 1 is 1.08 bits per heavy atom. The average Bonchev–Trinajstić information content (AvgIpc) is 3.35. The van der Waals surface area contributed by atoms with Crippen LogP contribution in [0.2, 0.25) is 0 Å². The van der Waals surface area contributed by atoms with E-state index in [1.165, 1.54) is 16.9 Å². The van der Waals surface area contributed by atoms with Gasteiger partial charge < -0.3 is 9.88 Å². The molecule has 25 heavy (non-hydrogen) atoms. The van der Waals surface area contributed by atoms with E-state index in [2.05, 4.69) is 50.6 Å². The van der Waals surface area contributed by atoms with E-state index in [4.69, 9.17) is 0 Å². The highest BCUT2D eigenvalue weighted by Gasteiger charge is 2.12. The van der Waals surface area contributed by atoms with Crippen molar-refractivity contribution in [2.45, 2.75) is 13.0 Å². The summed E-state index contributed by atoms with van der Waals surface area (Å²) in [6.45, 7) is 2.11. The van der Waals surface area contributed by atoms with Crippen molar-refractivity contribution < 1.29 is 0 Å². The van der Waals surface area contributed by atoms with E-state index in [1.54, 1.807) is 18.7 Å². The Morgan fingerprint density at radius 3 is 2.84 bits per heavy atom. The Morgan fingerprint density at radius 2 is 2.04 bits per heavy atom. The maximum absolute atomic E-state index is 4.31. The number of hydrogen-bond acceptors (Lipinski definition) is 6. The summed E-state index contributed by atoms with van der Waals surface area (Å²) < 4.78 is 1.99. The first-order chi connectivity index (χ1) is 12.3. The van der Waals surface area contributed by atoms with E-state index in [9.17, 15) is 0 Å². The van der Waals surface area contributed by atoms with Gasteiger partial charge in [-0.2, -0.15) is 0 Å². The van der Waals surface area contributed by atoms with E-state index >= 15 is 0 Å². The molecule has 0 aliphatic rings. The topological polar surface area (TPSA) is 68.5 Å². The summed E-state index contributed by atoms with van der Waals surface area (Å²) in [6, 6.07) is 14.2.